The van der Waals surface area contributed by atoms with E-state index < -0.39 is 0 Å². The van der Waals surface area contributed by atoms with Gasteiger partial charge in [0.1, 0.15) is 5.82 Å². The summed E-state index contributed by atoms with van der Waals surface area (Å²) in [5.41, 5.74) is 5.35. The molecule has 3 heterocycles. The van der Waals surface area contributed by atoms with Crippen LogP contribution in [0, 0.1) is 0 Å². The summed E-state index contributed by atoms with van der Waals surface area (Å²) < 4.78 is 6.42. The summed E-state index contributed by atoms with van der Waals surface area (Å²) in [5, 5.41) is 7.45. The fourth-order valence-electron chi connectivity index (χ4n) is 4.64. The molecule has 5 aromatic rings. The molecule has 1 atom stereocenters. The van der Waals surface area contributed by atoms with Crippen LogP contribution in [0.1, 0.15) is 23.5 Å². The molecule has 1 aliphatic carbocycles. The predicted molar refractivity (Wildman–Crippen MR) is 135 cm³/mol. The average Bonchev–Trinajstić information content (AvgIpc) is 3.53. The first-order valence-corrected chi connectivity index (χ1v) is 11.9. The Balaban J connectivity index is 1.35. The SMILES string of the molecule is Clc1ccc2[nH]c3c(OCCCNCc4ncc[nH]4)c4[nH]c5c(c4cc3c2c1)CC(Cl)C=C5. The lowest BCUT2D eigenvalue weighted by molar-refractivity contribution is 0.313. The van der Waals surface area contributed by atoms with Crippen LogP contribution in [0.25, 0.3) is 38.8 Å². The number of nitrogens with one attached hydrogen (secondary N) is 4. The van der Waals surface area contributed by atoms with Gasteiger partial charge >= 0.3 is 0 Å². The number of allylic oxidation sites excluding steroid dienone is 1. The first-order valence-electron chi connectivity index (χ1n) is 11.1. The van der Waals surface area contributed by atoms with Crippen LogP contribution >= 0.6 is 23.2 Å². The van der Waals surface area contributed by atoms with Gasteiger partial charge in [-0.25, -0.2) is 4.98 Å². The van der Waals surface area contributed by atoms with E-state index in [-0.39, 0.29) is 5.38 Å². The first kappa shape index (κ1) is 20.7. The lowest BCUT2D eigenvalue weighted by Gasteiger charge is -2.11. The van der Waals surface area contributed by atoms with Gasteiger partial charge in [0, 0.05) is 44.8 Å². The van der Waals surface area contributed by atoms with Crippen LogP contribution in [0.2, 0.25) is 5.02 Å². The maximum atomic E-state index is 6.45. The van der Waals surface area contributed by atoms with E-state index >= 15 is 0 Å². The molecule has 1 unspecified atom stereocenters. The normalized spacial score (nSPS) is 15.6. The van der Waals surface area contributed by atoms with Crippen LogP contribution < -0.4 is 10.1 Å². The largest absolute Gasteiger partial charge is 0.489 e. The average molecular weight is 480 g/mol. The number of halogens is 2. The molecule has 0 saturated carbocycles. The summed E-state index contributed by atoms with van der Waals surface area (Å²) >= 11 is 12.8. The highest BCUT2D eigenvalue weighted by Gasteiger charge is 2.22. The third kappa shape index (κ3) is 3.78. The van der Waals surface area contributed by atoms with Crippen molar-refractivity contribution in [1.82, 2.24) is 25.3 Å². The van der Waals surface area contributed by atoms with Gasteiger partial charge in [0.15, 0.2) is 5.75 Å². The molecule has 3 aromatic heterocycles. The third-order valence-electron chi connectivity index (χ3n) is 6.19. The smallest absolute Gasteiger partial charge is 0.167 e. The van der Waals surface area contributed by atoms with Crippen LogP contribution in [-0.4, -0.2) is 38.5 Å². The van der Waals surface area contributed by atoms with Crippen molar-refractivity contribution in [2.24, 2.45) is 0 Å². The van der Waals surface area contributed by atoms with Gasteiger partial charge in [0.2, 0.25) is 0 Å². The van der Waals surface area contributed by atoms with Crippen molar-refractivity contribution in [2.75, 3.05) is 13.2 Å². The number of fused-ring (bicyclic) bond motifs is 6. The number of aromatic nitrogens is 4. The number of H-pyrrole nitrogens is 3. The van der Waals surface area contributed by atoms with Crippen LogP contribution in [0.5, 0.6) is 5.75 Å². The van der Waals surface area contributed by atoms with Crippen molar-refractivity contribution in [3.63, 3.8) is 0 Å². The first-order chi connectivity index (χ1) is 16.2. The van der Waals surface area contributed by atoms with E-state index in [1.54, 1.807) is 6.20 Å². The number of alkyl halides is 1. The number of rotatable bonds is 7. The molecule has 2 aromatic carbocycles. The zero-order chi connectivity index (χ0) is 22.4. The summed E-state index contributed by atoms with van der Waals surface area (Å²) in [6, 6.07) is 8.16. The van der Waals surface area contributed by atoms with E-state index in [1.165, 1.54) is 5.56 Å². The van der Waals surface area contributed by atoms with Crippen molar-refractivity contribution < 1.29 is 4.74 Å². The van der Waals surface area contributed by atoms with Gasteiger partial charge in [-0.3, -0.25) is 0 Å². The van der Waals surface area contributed by atoms with Crippen LogP contribution in [0.15, 0.2) is 42.7 Å². The second-order valence-electron chi connectivity index (χ2n) is 8.38. The Bertz CT molecular complexity index is 1480. The molecule has 0 amide bonds. The van der Waals surface area contributed by atoms with Gasteiger partial charge in [-0.1, -0.05) is 17.7 Å². The highest BCUT2D eigenvalue weighted by Crippen LogP contribution is 2.42. The molecule has 0 spiro atoms. The zero-order valence-electron chi connectivity index (χ0n) is 17.8. The fourth-order valence-corrected chi connectivity index (χ4v) is 5.04. The highest BCUT2D eigenvalue weighted by atomic mass is 35.5. The van der Waals surface area contributed by atoms with E-state index in [4.69, 9.17) is 27.9 Å². The predicted octanol–water partition coefficient (Wildman–Crippen LogP) is 5.91. The van der Waals surface area contributed by atoms with Gasteiger partial charge in [-0.2, -0.15) is 0 Å². The Hall–Kier alpha value is -2.93. The van der Waals surface area contributed by atoms with Crippen LogP contribution in [0.4, 0.5) is 0 Å². The van der Waals surface area contributed by atoms with Crippen molar-refractivity contribution in [3.05, 3.63) is 64.8 Å². The Morgan fingerprint density at radius 1 is 1.12 bits per heavy atom. The maximum absolute atomic E-state index is 6.45. The molecule has 0 radical (unpaired) electrons. The molecule has 168 valence electrons. The molecule has 0 aliphatic heterocycles. The second kappa shape index (κ2) is 8.45. The van der Waals surface area contributed by atoms with E-state index in [2.05, 4.69) is 37.4 Å². The van der Waals surface area contributed by atoms with Crippen molar-refractivity contribution in [1.29, 1.82) is 0 Å². The van der Waals surface area contributed by atoms with Gasteiger partial charge < -0.3 is 25.0 Å². The number of hydrogen-bond donors (Lipinski definition) is 4. The van der Waals surface area contributed by atoms with E-state index in [0.29, 0.717) is 18.2 Å². The molecule has 0 bridgehead atoms. The summed E-state index contributed by atoms with van der Waals surface area (Å²) in [5.74, 6) is 1.77. The minimum atomic E-state index is -0.00536. The molecule has 0 saturated heterocycles. The lowest BCUT2D eigenvalue weighted by atomic mass is 9.99. The fraction of sp³-hybridized carbons (Fsp3) is 0.240. The highest BCUT2D eigenvalue weighted by molar-refractivity contribution is 6.32. The quantitative estimate of drug-likeness (QED) is 0.173. The number of benzene rings is 2. The van der Waals surface area contributed by atoms with Gasteiger partial charge in [0.25, 0.3) is 0 Å². The minimum absolute atomic E-state index is 0.00536. The maximum Gasteiger partial charge on any atom is 0.167 e. The Morgan fingerprint density at radius 3 is 2.91 bits per heavy atom. The van der Waals surface area contributed by atoms with Gasteiger partial charge in [0.05, 0.1) is 29.6 Å². The number of imidazole rings is 1. The van der Waals surface area contributed by atoms with Crippen molar-refractivity contribution >= 4 is 62.0 Å². The summed E-state index contributed by atoms with van der Waals surface area (Å²) in [6.45, 7) is 2.14. The molecule has 33 heavy (non-hydrogen) atoms. The molecule has 4 N–H and O–H groups in total. The molecule has 0 fully saturated rings. The number of ether oxygens (including phenoxy) is 1. The minimum Gasteiger partial charge on any atom is -0.489 e. The van der Waals surface area contributed by atoms with Crippen molar-refractivity contribution in [3.8, 4) is 5.75 Å². The number of nitrogens with zero attached hydrogens (tertiary/aromatic N) is 1. The standard InChI is InChI=1S/C25H23Cl2N5O/c26-14-2-4-20-16(10-14)18-12-19-17-11-15(27)3-5-21(17)32-24(19)25(23(18)31-20)33-9-1-6-28-13-22-29-7-8-30-22/h2-5,7-8,10,12,15,28,31-32H,1,6,9,11,13H2,(H,29,30). The topological polar surface area (TPSA) is 81.5 Å². The monoisotopic (exact) mass is 479 g/mol. The summed E-state index contributed by atoms with van der Waals surface area (Å²) in [6.07, 6.45) is 9.36. The molecule has 6 nitrogen and oxygen atoms in total. The molecular weight excluding hydrogens is 457 g/mol. The van der Waals surface area contributed by atoms with Gasteiger partial charge in [-0.05, 0) is 55.3 Å². The molecule has 6 rings (SSSR count). The Labute approximate surface area is 200 Å². The number of aromatic amines is 3. The third-order valence-corrected chi connectivity index (χ3v) is 6.72. The number of hydrogen-bond acceptors (Lipinski definition) is 3. The molecule has 8 heteroatoms. The second-order valence-corrected chi connectivity index (χ2v) is 9.37. The van der Waals surface area contributed by atoms with E-state index in [9.17, 15) is 0 Å². The van der Waals surface area contributed by atoms with Crippen LogP contribution in [0.3, 0.4) is 0 Å². The summed E-state index contributed by atoms with van der Waals surface area (Å²) in [7, 11) is 0. The molecular formula is C25H23Cl2N5O. The van der Waals surface area contributed by atoms with Crippen LogP contribution in [-0.2, 0) is 13.0 Å². The lowest BCUT2D eigenvalue weighted by Crippen LogP contribution is -2.17. The molecule has 1 aliphatic rings. The summed E-state index contributed by atoms with van der Waals surface area (Å²) in [4.78, 5) is 14.5. The van der Waals surface area contributed by atoms with E-state index in [1.807, 2.05) is 30.5 Å². The zero-order valence-corrected chi connectivity index (χ0v) is 19.4. The van der Waals surface area contributed by atoms with Crippen molar-refractivity contribution in [2.45, 2.75) is 24.8 Å². The van der Waals surface area contributed by atoms with Gasteiger partial charge in [-0.15, -0.1) is 11.6 Å². The Kier molecular flexibility index (Phi) is 5.29. The Morgan fingerprint density at radius 2 is 2.03 bits per heavy atom. The van der Waals surface area contributed by atoms with E-state index in [0.717, 1.165) is 69.4 Å².